The van der Waals surface area contributed by atoms with E-state index in [1.54, 1.807) is 0 Å². The van der Waals surface area contributed by atoms with Gasteiger partial charge in [0.2, 0.25) is 5.91 Å². The first-order valence-corrected chi connectivity index (χ1v) is 8.71. The lowest BCUT2D eigenvalue weighted by atomic mass is 9.88. The molecule has 4 rings (SSSR count). The molecule has 1 amide bonds. The van der Waals surface area contributed by atoms with Gasteiger partial charge in [-0.05, 0) is 50.2 Å². The smallest absolute Gasteiger partial charge is 0.227 e. The molecule has 1 unspecified atom stereocenters. The van der Waals surface area contributed by atoms with Crippen LogP contribution in [-0.2, 0) is 11.3 Å². The third-order valence-corrected chi connectivity index (χ3v) is 5.29. The van der Waals surface area contributed by atoms with E-state index in [1.165, 1.54) is 21.8 Å². The van der Waals surface area contributed by atoms with E-state index in [4.69, 9.17) is 0 Å². The van der Waals surface area contributed by atoms with Crippen molar-refractivity contribution in [1.82, 2.24) is 9.88 Å². The van der Waals surface area contributed by atoms with Gasteiger partial charge >= 0.3 is 0 Å². The van der Waals surface area contributed by atoms with E-state index >= 15 is 0 Å². The quantitative estimate of drug-likeness (QED) is 0.771. The highest BCUT2D eigenvalue weighted by Gasteiger charge is 2.28. The highest BCUT2D eigenvalue weighted by molar-refractivity contribution is 6.09. The second kappa shape index (κ2) is 5.95. The van der Waals surface area contributed by atoms with Gasteiger partial charge in [-0.15, -0.1) is 0 Å². The average molecular weight is 321 g/mol. The predicted molar refractivity (Wildman–Crippen MR) is 99.3 cm³/mol. The summed E-state index contributed by atoms with van der Waals surface area (Å²) in [5.74, 6) is 0.606. The molecule has 24 heavy (non-hydrogen) atoms. The molecule has 0 radical (unpaired) electrons. The second-order valence-electron chi connectivity index (χ2n) is 6.69. The molecule has 1 atom stereocenters. The van der Waals surface area contributed by atoms with Crippen LogP contribution in [0.3, 0.4) is 0 Å². The summed E-state index contributed by atoms with van der Waals surface area (Å²) in [7, 11) is 0. The molecule has 4 nitrogen and oxygen atoms in total. The van der Waals surface area contributed by atoms with E-state index in [0.29, 0.717) is 5.92 Å². The summed E-state index contributed by atoms with van der Waals surface area (Å²) in [6.45, 7) is 6.99. The number of rotatable bonds is 4. The van der Waals surface area contributed by atoms with Crippen molar-refractivity contribution < 1.29 is 4.79 Å². The van der Waals surface area contributed by atoms with Crippen molar-refractivity contribution in [3.05, 3.63) is 42.5 Å². The lowest BCUT2D eigenvalue weighted by Gasteiger charge is -2.31. The van der Waals surface area contributed by atoms with Gasteiger partial charge in [-0.25, -0.2) is 0 Å². The Bertz CT molecular complexity index is 908. The molecule has 1 fully saturated rings. The van der Waals surface area contributed by atoms with Crippen LogP contribution in [0.1, 0.15) is 13.8 Å². The molecule has 2 aromatic carbocycles. The van der Waals surface area contributed by atoms with Gasteiger partial charge in [0.1, 0.15) is 0 Å². The summed E-state index contributed by atoms with van der Waals surface area (Å²) in [5.41, 5.74) is 3.34. The fourth-order valence-electron chi connectivity index (χ4n) is 3.61. The van der Waals surface area contributed by atoms with E-state index in [2.05, 4.69) is 58.5 Å². The third kappa shape index (κ3) is 2.38. The summed E-state index contributed by atoms with van der Waals surface area (Å²) >= 11 is 0. The van der Waals surface area contributed by atoms with Crippen LogP contribution in [0, 0.1) is 11.8 Å². The Morgan fingerprint density at radius 3 is 2.67 bits per heavy atom. The first-order valence-electron chi connectivity index (χ1n) is 8.71. The Balaban J connectivity index is 1.70. The van der Waals surface area contributed by atoms with Gasteiger partial charge in [0.15, 0.2) is 0 Å². The molecule has 1 aliphatic rings. The zero-order valence-electron chi connectivity index (χ0n) is 14.2. The molecule has 3 aromatic rings. The summed E-state index contributed by atoms with van der Waals surface area (Å²) < 4.78 is 2.32. The van der Waals surface area contributed by atoms with Crippen LogP contribution in [0.5, 0.6) is 0 Å². The Kier molecular flexibility index (Phi) is 3.77. The van der Waals surface area contributed by atoms with Gasteiger partial charge in [-0.2, -0.15) is 0 Å². The minimum atomic E-state index is 0.0407. The molecule has 2 heterocycles. The van der Waals surface area contributed by atoms with E-state index in [-0.39, 0.29) is 11.8 Å². The highest BCUT2D eigenvalue weighted by Crippen LogP contribution is 2.31. The minimum Gasteiger partial charge on any atom is -0.341 e. The number of aromatic nitrogens is 1. The standard InChI is InChI=1S/C20H23N3O/c1-3-23-18-7-5-4-6-16(18)17-10-15(8-9-19(17)23)22-20(24)13(2)14-11-21-12-14/h4-10,13-14,21H,3,11-12H2,1-2H3,(H,22,24). The van der Waals surface area contributed by atoms with Crippen molar-refractivity contribution in [2.45, 2.75) is 20.4 Å². The maximum atomic E-state index is 12.5. The largest absolute Gasteiger partial charge is 0.341 e. The first-order chi connectivity index (χ1) is 11.7. The number of nitrogens with one attached hydrogen (secondary N) is 2. The number of hydrogen-bond acceptors (Lipinski definition) is 2. The predicted octanol–water partition coefficient (Wildman–Crippen LogP) is 3.61. The lowest BCUT2D eigenvalue weighted by Crippen LogP contribution is -2.48. The van der Waals surface area contributed by atoms with Gasteiger partial charge in [0.05, 0.1) is 0 Å². The number of anilines is 1. The fourth-order valence-corrected chi connectivity index (χ4v) is 3.61. The maximum Gasteiger partial charge on any atom is 0.227 e. The third-order valence-electron chi connectivity index (χ3n) is 5.29. The topological polar surface area (TPSA) is 46.1 Å². The molecule has 2 N–H and O–H groups in total. The van der Waals surface area contributed by atoms with Crippen LogP contribution < -0.4 is 10.6 Å². The van der Waals surface area contributed by atoms with Crippen LogP contribution in [0.4, 0.5) is 5.69 Å². The lowest BCUT2D eigenvalue weighted by molar-refractivity contribution is -0.121. The Hall–Kier alpha value is -2.33. The second-order valence-corrected chi connectivity index (χ2v) is 6.69. The molecular weight excluding hydrogens is 298 g/mol. The van der Waals surface area contributed by atoms with E-state index in [1.807, 2.05) is 13.0 Å². The van der Waals surface area contributed by atoms with Crippen molar-refractivity contribution in [3.8, 4) is 0 Å². The zero-order valence-corrected chi connectivity index (χ0v) is 14.2. The van der Waals surface area contributed by atoms with Crippen LogP contribution in [0.25, 0.3) is 21.8 Å². The van der Waals surface area contributed by atoms with Crippen molar-refractivity contribution in [2.24, 2.45) is 11.8 Å². The summed E-state index contributed by atoms with van der Waals surface area (Å²) in [5, 5.41) is 8.77. The van der Waals surface area contributed by atoms with Crippen molar-refractivity contribution in [3.63, 3.8) is 0 Å². The number of para-hydroxylation sites is 1. The van der Waals surface area contributed by atoms with E-state index in [9.17, 15) is 4.79 Å². The average Bonchev–Trinajstić information content (AvgIpc) is 2.86. The van der Waals surface area contributed by atoms with Gasteiger partial charge < -0.3 is 15.2 Å². The zero-order chi connectivity index (χ0) is 16.7. The van der Waals surface area contributed by atoms with Crippen LogP contribution in [-0.4, -0.2) is 23.6 Å². The fraction of sp³-hybridized carbons (Fsp3) is 0.350. The molecule has 1 saturated heterocycles. The molecule has 0 spiro atoms. The van der Waals surface area contributed by atoms with Gasteiger partial charge in [0.25, 0.3) is 0 Å². The number of hydrogen-bond donors (Lipinski definition) is 2. The maximum absolute atomic E-state index is 12.5. The number of fused-ring (bicyclic) bond motifs is 3. The molecule has 0 aliphatic carbocycles. The van der Waals surface area contributed by atoms with Crippen LogP contribution >= 0.6 is 0 Å². The number of benzene rings is 2. The minimum absolute atomic E-state index is 0.0407. The van der Waals surface area contributed by atoms with Crippen LogP contribution in [0.15, 0.2) is 42.5 Å². The molecule has 1 aromatic heterocycles. The summed E-state index contributed by atoms with van der Waals surface area (Å²) in [6.07, 6.45) is 0. The molecular formula is C20H23N3O. The molecule has 1 aliphatic heterocycles. The van der Waals surface area contributed by atoms with Crippen molar-refractivity contribution >= 4 is 33.4 Å². The monoisotopic (exact) mass is 321 g/mol. The normalized spacial score (nSPS) is 16.2. The highest BCUT2D eigenvalue weighted by atomic mass is 16.1. The Morgan fingerprint density at radius 1 is 1.21 bits per heavy atom. The van der Waals surface area contributed by atoms with Crippen molar-refractivity contribution in [2.75, 3.05) is 18.4 Å². The van der Waals surface area contributed by atoms with Crippen LogP contribution in [0.2, 0.25) is 0 Å². The van der Waals surface area contributed by atoms with E-state index in [0.717, 1.165) is 25.3 Å². The Morgan fingerprint density at radius 2 is 1.96 bits per heavy atom. The molecule has 0 bridgehead atoms. The SMILES string of the molecule is CCn1c2ccccc2c2cc(NC(=O)C(C)C3CNC3)ccc21. The molecule has 124 valence electrons. The number of amides is 1. The number of carbonyl (C=O) groups excluding carboxylic acids is 1. The van der Waals surface area contributed by atoms with Gasteiger partial charge in [0, 0.05) is 40.0 Å². The van der Waals surface area contributed by atoms with E-state index < -0.39 is 0 Å². The molecule has 4 heteroatoms. The van der Waals surface area contributed by atoms with Gasteiger partial charge in [-0.1, -0.05) is 25.1 Å². The number of aryl methyl sites for hydroxylation is 1. The number of nitrogens with zero attached hydrogens (tertiary/aromatic N) is 1. The molecule has 0 saturated carbocycles. The Labute approximate surface area is 141 Å². The van der Waals surface area contributed by atoms with Gasteiger partial charge in [-0.3, -0.25) is 4.79 Å². The number of carbonyl (C=O) groups is 1. The van der Waals surface area contributed by atoms with Crippen molar-refractivity contribution in [1.29, 1.82) is 0 Å². The first kappa shape index (κ1) is 15.2. The summed E-state index contributed by atoms with van der Waals surface area (Å²) in [4.78, 5) is 12.5. The summed E-state index contributed by atoms with van der Waals surface area (Å²) in [6, 6.07) is 14.7.